The SMILES string of the molecule is FC(F)Oc1ccc(/C=N/NC(=S)NC2CCCCC2)cc1. The van der Waals surface area contributed by atoms with E-state index in [2.05, 4.69) is 20.6 Å². The third-order valence-electron chi connectivity index (χ3n) is 3.43. The molecule has 1 fully saturated rings. The average Bonchev–Trinajstić information content (AvgIpc) is 2.49. The summed E-state index contributed by atoms with van der Waals surface area (Å²) >= 11 is 5.18. The van der Waals surface area contributed by atoms with Crippen LogP contribution < -0.4 is 15.5 Å². The van der Waals surface area contributed by atoms with Gasteiger partial charge in [-0.25, -0.2) is 0 Å². The molecule has 4 nitrogen and oxygen atoms in total. The van der Waals surface area contributed by atoms with Crippen LogP contribution >= 0.6 is 12.2 Å². The van der Waals surface area contributed by atoms with Crippen LogP contribution in [0.15, 0.2) is 29.4 Å². The number of alkyl halides is 2. The van der Waals surface area contributed by atoms with Crippen molar-refractivity contribution in [1.82, 2.24) is 10.7 Å². The number of hydrazone groups is 1. The highest BCUT2D eigenvalue weighted by Gasteiger charge is 2.13. The molecule has 1 aromatic rings. The zero-order valence-corrected chi connectivity index (χ0v) is 12.9. The fourth-order valence-electron chi connectivity index (χ4n) is 2.37. The summed E-state index contributed by atoms with van der Waals surface area (Å²) in [5, 5.41) is 7.77. The topological polar surface area (TPSA) is 45.6 Å². The molecular formula is C15H19F2N3OS. The largest absolute Gasteiger partial charge is 0.435 e. The maximum absolute atomic E-state index is 12.0. The first kappa shape index (κ1) is 16.6. The highest BCUT2D eigenvalue weighted by Crippen LogP contribution is 2.17. The van der Waals surface area contributed by atoms with Gasteiger partial charge < -0.3 is 10.1 Å². The fourth-order valence-corrected chi connectivity index (χ4v) is 2.58. The number of hydrogen-bond acceptors (Lipinski definition) is 3. The van der Waals surface area contributed by atoms with E-state index in [-0.39, 0.29) is 5.75 Å². The lowest BCUT2D eigenvalue weighted by molar-refractivity contribution is -0.0498. The molecule has 0 atom stereocenters. The summed E-state index contributed by atoms with van der Waals surface area (Å²) in [6.45, 7) is -2.82. The van der Waals surface area contributed by atoms with Crippen LogP contribution in [0.5, 0.6) is 5.75 Å². The molecular weight excluding hydrogens is 308 g/mol. The monoisotopic (exact) mass is 327 g/mol. The van der Waals surface area contributed by atoms with Crippen molar-refractivity contribution in [3.63, 3.8) is 0 Å². The normalized spacial score (nSPS) is 16.0. The van der Waals surface area contributed by atoms with Crippen LogP contribution in [0.2, 0.25) is 0 Å². The minimum Gasteiger partial charge on any atom is -0.435 e. The van der Waals surface area contributed by atoms with E-state index in [4.69, 9.17) is 12.2 Å². The Labute approximate surface area is 133 Å². The first-order chi connectivity index (χ1) is 10.6. The summed E-state index contributed by atoms with van der Waals surface area (Å²) in [4.78, 5) is 0. The van der Waals surface area contributed by atoms with Gasteiger partial charge in [-0.05, 0) is 54.9 Å². The van der Waals surface area contributed by atoms with Gasteiger partial charge in [0.15, 0.2) is 5.11 Å². The predicted octanol–water partition coefficient (Wildman–Crippen LogP) is 3.42. The Morgan fingerprint density at radius 1 is 1.23 bits per heavy atom. The van der Waals surface area contributed by atoms with E-state index in [1.807, 2.05) is 0 Å². The third kappa shape index (κ3) is 5.93. The Morgan fingerprint density at radius 3 is 2.55 bits per heavy atom. The summed E-state index contributed by atoms with van der Waals surface area (Å²) in [5.74, 6) is 0.120. The molecule has 0 bridgehead atoms. The third-order valence-corrected chi connectivity index (χ3v) is 3.63. The second-order valence-electron chi connectivity index (χ2n) is 5.13. The van der Waals surface area contributed by atoms with E-state index >= 15 is 0 Å². The quantitative estimate of drug-likeness (QED) is 0.494. The van der Waals surface area contributed by atoms with Crippen molar-refractivity contribution in [3.05, 3.63) is 29.8 Å². The standard InChI is InChI=1S/C15H19F2N3OS/c16-14(17)21-13-8-6-11(7-9-13)10-18-20-15(22)19-12-4-2-1-3-5-12/h6-10,12,14H,1-5H2,(H2,19,20,22)/b18-10+. The highest BCUT2D eigenvalue weighted by molar-refractivity contribution is 7.80. The van der Waals surface area contributed by atoms with Crippen LogP contribution in [0, 0.1) is 0 Å². The molecule has 1 aliphatic carbocycles. The molecule has 0 aliphatic heterocycles. The van der Waals surface area contributed by atoms with E-state index in [1.165, 1.54) is 31.4 Å². The minimum atomic E-state index is -2.82. The van der Waals surface area contributed by atoms with Gasteiger partial charge in [-0.3, -0.25) is 5.43 Å². The van der Waals surface area contributed by atoms with Gasteiger partial charge in [-0.1, -0.05) is 19.3 Å². The van der Waals surface area contributed by atoms with Gasteiger partial charge in [0.2, 0.25) is 0 Å². The van der Waals surface area contributed by atoms with E-state index < -0.39 is 6.61 Å². The van der Waals surface area contributed by atoms with Crippen molar-refractivity contribution in [2.45, 2.75) is 44.8 Å². The maximum Gasteiger partial charge on any atom is 0.387 e. The molecule has 2 rings (SSSR count). The van der Waals surface area contributed by atoms with Gasteiger partial charge >= 0.3 is 6.61 Å². The van der Waals surface area contributed by atoms with Crippen molar-refractivity contribution in [1.29, 1.82) is 0 Å². The van der Waals surface area contributed by atoms with Crippen LogP contribution in [-0.2, 0) is 0 Å². The van der Waals surface area contributed by atoms with E-state index in [0.717, 1.165) is 18.4 Å². The Hall–Kier alpha value is -1.76. The van der Waals surface area contributed by atoms with E-state index in [9.17, 15) is 8.78 Å². The van der Waals surface area contributed by atoms with E-state index in [0.29, 0.717) is 11.2 Å². The fraction of sp³-hybridized carbons (Fsp3) is 0.467. The van der Waals surface area contributed by atoms with Crippen molar-refractivity contribution < 1.29 is 13.5 Å². The lowest BCUT2D eigenvalue weighted by atomic mass is 9.96. The Morgan fingerprint density at radius 2 is 1.91 bits per heavy atom. The first-order valence-electron chi connectivity index (χ1n) is 7.28. The molecule has 0 aromatic heterocycles. The molecule has 7 heteroatoms. The zero-order valence-electron chi connectivity index (χ0n) is 12.1. The lowest BCUT2D eigenvalue weighted by Gasteiger charge is -2.23. The molecule has 2 N–H and O–H groups in total. The molecule has 0 radical (unpaired) electrons. The smallest absolute Gasteiger partial charge is 0.387 e. The Bertz CT molecular complexity index is 502. The van der Waals surface area contributed by atoms with Gasteiger partial charge in [0, 0.05) is 6.04 Å². The number of nitrogens with zero attached hydrogens (tertiary/aromatic N) is 1. The van der Waals surface area contributed by atoms with Crippen LogP contribution in [-0.4, -0.2) is 24.0 Å². The van der Waals surface area contributed by atoms with Crippen molar-refractivity contribution in [2.24, 2.45) is 5.10 Å². The summed E-state index contributed by atoms with van der Waals surface area (Å²) in [6.07, 6.45) is 7.60. The highest BCUT2D eigenvalue weighted by atomic mass is 32.1. The zero-order chi connectivity index (χ0) is 15.8. The minimum absolute atomic E-state index is 0.120. The number of thiocarbonyl (C=S) groups is 1. The van der Waals surface area contributed by atoms with Gasteiger partial charge in [0.05, 0.1) is 6.21 Å². The molecule has 0 unspecified atom stereocenters. The molecule has 1 aromatic carbocycles. The second kappa shape index (κ2) is 8.63. The lowest BCUT2D eigenvalue weighted by Crippen LogP contribution is -2.40. The number of halogens is 2. The summed E-state index contributed by atoms with van der Waals surface area (Å²) in [7, 11) is 0. The van der Waals surface area contributed by atoms with Crippen LogP contribution in [0.1, 0.15) is 37.7 Å². The summed E-state index contributed by atoms with van der Waals surface area (Å²) in [6, 6.07) is 6.63. The molecule has 0 amide bonds. The number of rotatable bonds is 5. The van der Waals surface area contributed by atoms with E-state index in [1.54, 1.807) is 18.3 Å². The summed E-state index contributed by atoms with van der Waals surface area (Å²) in [5.41, 5.74) is 3.52. The molecule has 0 saturated heterocycles. The van der Waals surface area contributed by atoms with Gasteiger partial charge in [-0.2, -0.15) is 13.9 Å². The number of benzene rings is 1. The van der Waals surface area contributed by atoms with Gasteiger partial charge in [0.25, 0.3) is 0 Å². The molecule has 1 aliphatic rings. The molecule has 22 heavy (non-hydrogen) atoms. The van der Waals surface area contributed by atoms with Crippen LogP contribution in [0.3, 0.4) is 0 Å². The number of ether oxygens (including phenoxy) is 1. The first-order valence-corrected chi connectivity index (χ1v) is 7.69. The van der Waals surface area contributed by atoms with Crippen LogP contribution in [0.25, 0.3) is 0 Å². The Kier molecular flexibility index (Phi) is 6.51. The molecule has 0 spiro atoms. The van der Waals surface area contributed by atoms with Crippen molar-refractivity contribution in [3.8, 4) is 5.75 Å². The second-order valence-corrected chi connectivity index (χ2v) is 5.53. The number of hydrogen-bond donors (Lipinski definition) is 2. The van der Waals surface area contributed by atoms with Crippen molar-refractivity contribution in [2.75, 3.05) is 0 Å². The molecule has 1 saturated carbocycles. The number of nitrogens with one attached hydrogen (secondary N) is 2. The van der Waals surface area contributed by atoms with Gasteiger partial charge in [-0.15, -0.1) is 0 Å². The average molecular weight is 327 g/mol. The molecule has 0 heterocycles. The van der Waals surface area contributed by atoms with Crippen LogP contribution in [0.4, 0.5) is 8.78 Å². The van der Waals surface area contributed by atoms with Gasteiger partial charge in [0.1, 0.15) is 5.75 Å². The summed E-state index contributed by atoms with van der Waals surface area (Å²) < 4.78 is 28.3. The molecule has 120 valence electrons. The maximum atomic E-state index is 12.0. The Balaban J connectivity index is 1.75. The predicted molar refractivity (Wildman–Crippen MR) is 86.4 cm³/mol. The van der Waals surface area contributed by atoms with Crippen molar-refractivity contribution >= 4 is 23.5 Å².